The third-order valence-electron chi connectivity index (χ3n) is 4.08. The molecule has 0 aromatic heterocycles. The van der Waals surface area contributed by atoms with Gasteiger partial charge in [-0.2, -0.15) is 0 Å². The maximum atomic E-state index is 3.94. The highest BCUT2D eigenvalue weighted by molar-refractivity contribution is 8.00. The van der Waals surface area contributed by atoms with Gasteiger partial charge >= 0.3 is 0 Å². The van der Waals surface area contributed by atoms with Crippen LogP contribution < -0.4 is 0 Å². The van der Waals surface area contributed by atoms with Crippen molar-refractivity contribution in [2.24, 2.45) is 0 Å². The van der Waals surface area contributed by atoms with E-state index in [1.165, 1.54) is 61.7 Å². The molecule has 0 nitrogen and oxygen atoms in total. The Morgan fingerprint density at radius 2 is 1.95 bits per heavy atom. The van der Waals surface area contributed by atoms with Crippen LogP contribution in [0.5, 0.6) is 0 Å². The van der Waals surface area contributed by atoms with Crippen LogP contribution in [0, 0.1) is 11.8 Å². The lowest BCUT2D eigenvalue weighted by Gasteiger charge is -2.19. The molecule has 0 spiro atoms. The molecule has 0 fully saturated rings. The normalized spacial score (nSPS) is 19.5. The van der Waals surface area contributed by atoms with E-state index in [0.717, 1.165) is 12.2 Å². The van der Waals surface area contributed by atoms with Gasteiger partial charge in [-0.15, -0.1) is 17.5 Å². The quantitative estimate of drug-likeness (QED) is 0.465. The number of thioether (sulfide) groups is 1. The van der Waals surface area contributed by atoms with Crippen LogP contribution in [0.25, 0.3) is 0 Å². The van der Waals surface area contributed by atoms with Crippen LogP contribution in [-0.2, 0) is 0 Å². The van der Waals surface area contributed by atoms with Crippen molar-refractivity contribution in [3.8, 4) is 11.8 Å². The SMILES string of the molecule is C=C=C(C1=CCCCC1)C(C#CC1=CCCCC1)SCC. The van der Waals surface area contributed by atoms with Crippen molar-refractivity contribution < 1.29 is 0 Å². The van der Waals surface area contributed by atoms with Gasteiger partial charge in [0.05, 0.1) is 5.25 Å². The molecule has 0 aromatic rings. The van der Waals surface area contributed by atoms with Crippen molar-refractivity contribution in [2.75, 3.05) is 5.75 Å². The van der Waals surface area contributed by atoms with Crippen molar-refractivity contribution in [1.29, 1.82) is 0 Å². The number of hydrogen-bond acceptors (Lipinski definition) is 1. The topological polar surface area (TPSA) is 0 Å². The van der Waals surface area contributed by atoms with Crippen LogP contribution in [0.3, 0.4) is 0 Å². The van der Waals surface area contributed by atoms with Crippen LogP contribution in [0.15, 0.2) is 41.2 Å². The first-order valence-electron chi connectivity index (χ1n) is 8.26. The second-order valence-electron chi connectivity index (χ2n) is 5.65. The van der Waals surface area contributed by atoms with E-state index in [1.54, 1.807) is 0 Å². The Morgan fingerprint density at radius 3 is 2.52 bits per heavy atom. The molecule has 2 rings (SSSR count). The van der Waals surface area contributed by atoms with Gasteiger partial charge in [0, 0.05) is 5.57 Å². The molecule has 0 saturated heterocycles. The van der Waals surface area contributed by atoms with Gasteiger partial charge in [0.2, 0.25) is 0 Å². The van der Waals surface area contributed by atoms with Crippen LogP contribution in [-0.4, -0.2) is 11.0 Å². The Kier molecular flexibility index (Phi) is 7.01. The fraction of sp³-hybridized carbons (Fsp3) is 0.550. The molecule has 0 N–H and O–H groups in total. The summed E-state index contributed by atoms with van der Waals surface area (Å²) in [6, 6.07) is 0. The van der Waals surface area contributed by atoms with E-state index >= 15 is 0 Å². The highest BCUT2D eigenvalue weighted by atomic mass is 32.2. The first kappa shape index (κ1) is 16.3. The highest BCUT2D eigenvalue weighted by Crippen LogP contribution is 2.30. The van der Waals surface area contributed by atoms with Crippen molar-refractivity contribution >= 4 is 11.8 Å². The minimum atomic E-state index is 0.236. The Hall–Kier alpha value is -1.09. The van der Waals surface area contributed by atoms with Crippen LogP contribution >= 0.6 is 11.8 Å². The number of hydrogen-bond donors (Lipinski definition) is 0. The molecule has 1 unspecified atom stereocenters. The standard InChI is InChI=1S/C20H26S/c1-3-19(18-13-9-6-10-14-18)20(21-4-2)16-15-17-11-7-5-8-12-17/h11,13,20H,1,4-10,12,14H2,2H3. The number of allylic oxidation sites excluding steroid dienone is 4. The van der Waals surface area contributed by atoms with Gasteiger partial charge in [0.1, 0.15) is 0 Å². The van der Waals surface area contributed by atoms with Crippen LogP contribution in [0.1, 0.15) is 58.3 Å². The number of rotatable bonds is 4. The molecule has 0 aliphatic heterocycles. The van der Waals surface area contributed by atoms with Gasteiger partial charge in [-0.05, 0) is 68.3 Å². The maximum Gasteiger partial charge on any atom is 0.0983 e. The molecule has 0 heterocycles. The summed E-state index contributed by atoms with van der Waals surface area (Å²) in [7, 11) is 0. The smallest absolute Gasteiger partial charge is 0.0983 e. The summed E-state index contributed by atoms with van der Waals surface area (Å²) in [6.07, 6.45) is 14.6. The average molecular weight is 298 g/mol. The monoisotopic (exact) mass is 298 g/mol. The molecule has 112 valence electrons. The molecule has 2 aliphatic rings. The second kappa shape index (κ2) is 9.04. The van der Waals surface area contributed by atoms with E-state index in [0.29, 0.717) is 0 Å². The van der Waals surface area contributed by atoms with Gasteiger partial charge in [-0.1, -0.05) is 37.5 Å². The first-order valence-corrected chi connectivity index (χ1v) is 9.31. The lowest BCUT2D eigenvalue weighted by molar-refractivity contribution is 0.704. The van der Waals surface area contributed by atoms with E-state index in [-0.39, 0.29) is 5.25 Å². The zero-order valence-electron chi connectivity index (χ0n) is 13.2. The minimum absolute atomic E-state index is 0.236. The fourth-order valence-electron chi connectivity index (χ4n) is 2.93. The molecule has 2 aliphatic carbocycles. The van der Waals surface area contributed by atoms with Gasteiger partial charge in [0.25, 0.3) is 0 Å². The molecule has 0 saturated carbocycles. The molecule has 21 heavy (non-hydrogen) atoms. The van der Waals surface area contributed by atoms with Crippen LogP contribution in [0.4, 0.5) is 0 Å². The fourth-order valence-corrected chi connectivity index (χ4v) is 3.81. The Balaban J connectivity index is 2.17. The predicted molar refractivity (Wildman–Crippen MR) is 95.5 cm³/mol. The maximum absolute atomic E-state index is 3.94. The van der Waals surface area contributed by atoms with E-state index in [2.05, 4.69) is 43.2 Å². The summed E-state index contributed by atoms with van der Waals surface area (Å²) in [6.45, 7) is 6.14. The Labute approximate surface area is 134 Å². The molecule has 0 radical (unpaired) electrons. The van der Waals surface area contributed by atoms with E-state index < -0.39 is 0 Å². The predicted octanol–water partition coefficient (Wildman–Crippen LogP) is 5.82. The first-order chi connectivity index (χ1) is 10.3. The molecule has 0 bridgehead atoms. The highest BCUT2D eigenvalue weighted by Gasteiger charge is 2.17. The zero-order valence-corrected chi connectivity index (χ0v) is 14.0. The summed E-state index contributed by atoms with van der Waals surface area (Å²) < 4.78 is 0. The lowest BCUT2D eigenvalue weighted by Crippen LogP contribution is -2.09. The van der Waals surface area contributed by atoms with Crippen LogP contribution in [0.2, 0.25) is 0 Å². The summed E-state index contributed by atoms with van der Waals surface area (Å²) >= 11 is 1.91. The third-order valence-corrected chi connectivity index (χ3v) is 5.10. The van der Waals surface area contributed by atoms with E-state index in [4.69, 9.17) is 0 Å². The second-order valence-corrected chi connectivity index (χ2v) is 7.03. The summed E-state index contributed by atoms with van der Waals surface area (Å²) in [5.74, 6) is 8.02. The van der Waals surface area contributed by atoms with Gasteiger partial charge < -0.3 is 0 Å². The van der Waals surface area contributed by atoms with Crippen molar-refractivity contribution in [1.82, 2.24) is 0 Å². The van der Waals surface area contributed by atoms with Crippen molar-refractivity contribution in [3.63, 3.8) is 0 Å². The average Bonchev–Trinajstić information content (AvgIpc) is 2.55. The molecular weight excluding hydrogens is 272 g/mol. The summed E-state index contributed by atoms with van der Waals surface area (Å²) in [4.78, 5) is 0. The lowest BCUT2D eigenvalue weighted by atomic mass is 9.92. The minimum Gasteiger partial charge on any atom is -0.140 e. The zero-order chi connectivity index (χ0) is 14.9. The molecule has 1 atom stereocenters. The van der Waals surface area contributed by atoms with Gasteiger partial charge in [-0.25, -0.2) is 0 Å². The Bertz CT molecular complexity index is 518. The summed E-state index contributed by atoms with van der Waals surface area (Å²) in [5.41, 5.74) is 7.22. The van der Waals surface area contributed by atoms with Gasteiger partial charge in [0.15, 0.2) is 0 Å². The Morgan fingerprint density at radius 1 is 1.19 bits per heavy atom. The largest absolute Gasteiger partial charge is 0.140 e. The molecule has 0 aromatic carbocycles. The van der Waals surface area contributed by atoms with E-state index in [9.17, 15) is 0 Å². The van der Waals surface area contributed by atoms with Crippen molar-refractivity contribution in [2.45, 2.75) is 63.5 Å². The third kappa shape index (κ3) is 4.99. The molecule has 0 amide bonds. The molecule has 1 heteroatoms. The molecular formula is C20H26S. The van der Waals surface area contributed by atoms with Gasteiger partial charge in [-0.3, -0.25) is 0 Å². The summed E-state index contributed by atoms with van der Waals surface area (Å²) in [5, 5.41) is 0.236. The van der Waals surface area contributed by atoms with E-state index in [1.807, 2.05) is 11.8 Å². The van der Waals surface area contributed by atoms with Crippen molar-refractivity contribution in [3.05, 3.63) is 41.2 Å².